The number of nitrogens with zero attached hydrogens (tertiary/aromatic N) is 2. The van der Waals surface area contributed by atoms with Crippen molar-refractivity contribution in [1.82, 2.24) is 14.8 Å². The molecule has 0 unspecified atom stereocenters. The van der Waals surface area contributed by atoms with E-state index in [0.29, 0.717) is 11.9 Å². The van der Waals surface area contributed by atoms with Crippen molar-refractivity contribution in [2.75, 3.05) is 5.73 Å². The van der Waals surface area contributed by atoms with Crippen LogP contribution in [0.15, 0.2) is 12.1 Å². The number of rotatable bonds is 2. The molecule has 0 atom stereocenters. The summed E-state index contributed by atoms with van der Waals surface area (Å²) < 4.78 is 2.42. The highest BCUT2D eigenvalue weighted by molar-refractivity contribution is 5.66. The maximum absolute atomic E-state index is 5.63. The first kappa shape index (κ1) is 9.51. The zero-order valence-corrected chi connectivity index (χ0v) is 9.62. The Labute approximate surface area is 94.5 Å². The molecule has 4 heteroatoms. The molecule has 2 aromatic heterocycles. The van der Waals surface area contributed by atoms with Gasteiger partial charge >= 0.3 is 0 Å². The molecule has 84 valence electrons. The van der Waals surface area contributed by atoms with Gasteiger partial charge in [-0.3, -0.25) is 5.10 Å². The fourth-order valence-corrected chi connectivity index (χ4v) is 2.42. The van der Waals surface area contributed by atoms with E-state index in [1.165, 1.54) is 29.8 Å². The second-order valence-electron chi connectivity index (χ2n) is 4.59. The highest BCUT2D eigenvalue weighted by atomic mass is 15.2. The minimum atomic E-state index is 0.547. The SMILES string of the molecule is Cc1cc(-c2cc(N)n[nH]2)c(C)n1C1CC1. The number of nitrogens with one attached hydrogen (secondary N) is 1. The smallest absolute Gasteiger partial charge is 0.145 e. The van der Waals surface area contributed by atoms with E-state index in [0.717, 1.165) is 5.69 Å². The lowest BCUT2D eigenvalue weighted by Crippen LogP contribution is -1.98. The van der Waals surface area contributed by atoms with Crippen molar-refractivity contribution in [2.24, 2.45) is 0 Å². The lowest BCUT2D eigenvalue weighted by molar-refractivity contribution is 0.700. The van der Waals surface area contributed by atoms with Crippen LogP contribution in [0.4, 0.5) is 5.82 Å². The molecule has 0 bridgehead atoms. The number of aryl methyl sites for hydroxylation is 1. The van der Waals surface area contributed by atoms with Crippen LogP contribution in [0.3, 0.4) is 0 Å². The zero-order chi connectivity index (χ0) is 11.3. The van der Waals surface area contributed by atoms with Gasteiger partial charge in [0.15, 0.2) is 0 Å². The molecule has 1 saturated carbocycles. The Kier molecular flexibility index (Phi) is 1.87. The number of nitrogen functional groups attached to an aromatic ring is 1. The highest BCUT2D eigenvalue weighted by Gasteiger charge is 2.27. The summed E-state index contributed by atoms with van der Waals surface area (Å²) in [6.45, 7) is 4.33. The van der Waals surface area contributed by atoms with E-state index in [2.05, 4.69) is 34.7 Å². The summed E-state index contributed by atoms with van der Waals surface area (Å²) in [5.74, 6) is 0.547. The van der Waals surface area contributed by atoms with Crippen LogP contribution in [-0.4, -0.2) is 14.8 Å². The molecular weight excluding hydrogens is 200 g/mol. The van der Waals surface area contributed by atoms with Crippen LogP contribution >= 0.6 is 0 Å². The van der Waals surface area contributed by atoms with Crippen molar-refractivity contribution >= 4 is 5.82 Å². The molecule has 1 aliphatic rings. The van der Waals surface area contributed by atoms with Gasteiger partial charge in [0.2, 0.25) is 0 Å². The maximum atomic E-state index is 5.63. The van der Waals surface area contributed by atoms with Gasteiger partial charge in [-0.15, -0.1) is 0 Å². The quantitative estimate of drug-likeness (QED) is 0.809. The number of H-pyrrole nitrogens is 1. The standard InChI is InChI=1S/C12H16N4/c1-7-5-10(11-6-12(13)15-14-11)8(2)16(7)9-3-4-9/h5-6,9H,3-4H2,1-2H3,(H3,13,14,15). The summed E-state index contributed by atoms with van der Waals surface area (Å²) >= 11 is 0. The lowest BCUT2D eigenvalue weighted by Gasteiger charge is -2.06. The Morgan fingerprint density at radius 1 is 1.38 bits per heavy atom. The van der Waals surface area contributed by atoms with Crippen LogP contribution in [0, 0.1) is 13.8 Å². The van der Waals surface area contributed by atoms with Crippen LogP contribution in [0.1, 0.15) is 30.3 Å². The first-order chi connectivity index (χ1) is 7.66. The van der Waals surface area contributed by atoms with Gasteiger partial charge in [0.25, 0.3) is 0 Å². The first-order valence-electron chi connectivity index (χ1n) is 5.66. The van der Waals surface area contributed by atoms with E-state index >= 15 is 0 Å². The monoisotopic (exact) mass is 216 g/mol. The number of hydrogen-bond acceptors (Lipinski definition) is 2. The van der Waals surface area contributed by atoms with E-state index in [-0.39, 0.29) is 0 Å². The maximum Gasteiger partial charge on any atom is 0.145 e. The van der Waals surface area contributed by atoms with Crippen LogP contribution in [0.2, 0.25) is 0 Å². The van der Waals surface area contributed by atoms with Gasteiger partial charge in [-0.1, -0.05) is 0 Å². The highest BCUT2D eigenvalue weighted by Crippen LogP contribution is 2.40. The largest absolute Gasteiger partial charge is 0.382 e. The molecular formula is C12H16N4. The molecule has 1 fully saturated rings. The van der Waals surface area contributed by atoms with E-state index in [1.807, 2.05) is 6.07 Å². The van der Waals surface area contributed by atoms with E-state index < -0.39 is 0 Å². The van der Waals surface area contributed by atoms with Crippen molar-refractivity contribution in [3.8, 4) is 11.3 Å². The van der Waals surface area contributed by atoms with Gasteiger partial charge < -0.3 is 10.3 Å². The predicted octanol–water partition coefficient (Wildman–Crippen LogP) is 2.41. The molecule has 0 aliphatic heterocycles. The third-order valence-corrected chi connectivity index (χ3v) is 3.28. The van der Waals surface area contributed by atoms with E-state index in [1.54, 1.807) is 0 Å². The molecule has 0 amide bonds. The summed E-state index contributed by atoms with van der Waals surface area (Å²) in [6.07, 6.45) is 2.61. The Balaban J connectivity index is 2.11. The molecule has 4 nitrogen and oxygen atoms in total. The molecule has 2 heterocycles. The van der Waals surface area contributed by atoms with E-state index in [9.17, 15) is 0 Å². The molecule has 3 N–H and O–H groups in total. The summed E-state index contributed by atoms with van der Waals surface area (Å²) in [5.41, 5.74) is 10.5. The number of hydrogen-bond donors (Lipinski definition) is 2. The number of aromatic amines is 1. The third kappa shape index (κ3) is 1.33. The fourth-order valence-electron chi connectivity index (χ4n) is 2.42. The summed E-state index contributed by atoms with van der Waals surface area (Å²) in [7, 11) is 0. The van der Waals surface area contributed by atoms with Crippen LogP contribution in [-0.2, 0) is 0 Å². The minimum Gasteiger partial charge on any atom is -0.382 e. The number of anilines is 1. The average molecular weight is 216 g/mol. The van der Waals surface area contributed by atoms with Crippen molar-refractivity contribution in [1.29, 1.82) is 0 Å². The Hall–Kier alpha value is -1.71. The number of nitrogens with two attached hydrogens (primary N) is 1. The van der Waals surface area contributed by atoms with Crippen molar-refractivity contribution in [3.63, 3.8) is 0 Å². The van der Waals surface area contributed by atoms with Gasteiger partial charge in [-0.25, -0.2) is 0 Å². The molecule has 0 spiro atoms. The van der Waals surface area contributed by atoms with Crippen molar-refractivity contribution in [3.05, 3.63) is 23.5 Å². The second-order valence-corrected chi connectivity index (χ2v) is 4.59. The molecule has 0 aromatic carbocycles. The normalized spacial score (nSPS) is 15.6. The van der Waals surface area contributed by atoms with Crippen LogP contribution in [0.5, 0.6) is 0 Å². The summed E-state index contributed by atoms with van der Waals surface area (Å²) in [4.78, 5) is 0. The predicted molar refractivity (Wildman–Crippen MR) is 64.2 cm³/mol. The number of aromatic nitrogens is 3. The van der Waals surface area contributed by atoms with Gasteiger partial charge in [-0.2, -0.15) is 5.10 Å². The lowest BCUT2D eigenvalue weighted by atomic mass is 10.2. The van der Waals surface area contributed by atoms with Gasteiger partial charge in [-0.05, 0) is 32.8 Å². The molecule has 2 aromatic rings. The van der Waals surface area contributed by atoms with Crippen LogP contribution < -0.4 is 5.73 Å². The molecule has 16 heavy (non-hydrogen) atoms. The Morgan fingerprint density at radius 2 is 2.12 bits per heavy atom. The van der Waals surface area contributed by atoms with E-state index in [4.69, 9.17) is 5.73 Å². The molecule has 0 saturated heterocycles. The molecule has 0 radical (unpaired) electrons. The van der Waals surface area contributed by atoms with Crippen molar-refractivity contribution < 1.29 is 0 Å². The minimum absolute atomic E-state index is 0.547. The van der Waals surface area contributed by atoms with Gasteiger partial charge in [0.05, 0.1) is 5.69 Å². The van der Waals surface area contributed by atoms with Crippen molar-refractivity contribution in [2.45, 2.75) is 32.7 Å². The third-order valence-electron chi connectivity index (χ3n) is 3.28. The fraction of sp³-hybridized carbons (Fsp3) is 0.417. The topological polar surface area (TPSA) is 59.6 Å². The van der Waals surface area contributed by atoms with Crippen LogP contribution in [0.25, 0.3) is 11.3 Å². The molecule has 1 aliphatic carbocycles. The summed E-state index contributed by atoms with van der Waals surface area (Å²) in [6, 6.07) is 4.81. The first-order valence-corrected chi connectivity index (χ1v) is 5.66. The van der Waals surface area contributed by atoms with Gasteiger partial charge in [0.1, 0.15) is 5.82 Å². The Bertz CT molecular complexity index is 531. The Morgan fingerprint density at radius 3 is 2.69 bits per heavy atom. The average Bonchev–Trinajstić information content (AvgIpc) is 2.90. The summed E-state index contributed by atoms with van der Waals surface area (Å²) in [5, 5.41) is 6.95. The second kappa shape index (κ2) is 3.14. The van der Waals surface area contributed by atoms with Gasteiger partial charge in [0, 0.05) is 29.1 Å². The molecule has 3 rings (SSSR count). The zero-order valence-electron chi connectivity index (χ0n) is 9.62.